The van der Waals surface area contributed by atoms with Gasteiger partial charge in [-0.15, -0.1) is 0 Å². The van der Waals surface area contributed by atoms with E-state index >= 15 is 0 Å². The summed E-state index contributed by atoms with van der Waals surface area (Å²) in [7, 11) is 4.01. The van der Waals surface area contributed by atoms with Gasteiger partial charge in [0, 0.05) is 62.3 Å². The van der Waals surface area contributed by atoms with E-state index in [1.165, 1.54) is 35.9 Å². The zero-order chi connectivity index (χ0) is 32.6. The Balaban J connectivity index is 1.26. The summed E-state index contributed by atoms with van der Waals surface area (Å²) in [6.45, 7) is 10.4. The van der Waals surface area contributed by atoms with Gasteiger partial charge < -0.3 is 24.0 Å². The van der Waals surface area contributed by atoms with E-state index in [-0.39, 0.29) is 18.2 Å². The molecule has 1 saturated heterocycles. The van der Waals surface area contributed by atoms with E-state index < -0.39 is 11.6 Å². The molecule has 6 rings (SSSR count). The van der Waals surface area contributed by atoms with Crippen LogP contribution in [0.25, 0.3) is 22.2 Å². The summed E-state index contributed by atoms with van der Waals surface area (Å²) < 4.78 is 14.6. The van der Waals surface area contributed by atoms with Gasteiger partial charge in [0.2, 0.25) is 0 Å². The number of hydrogen-bond donors (Lipinski definition) is 1. The van der Waals surface area contributed by atoms with E-state index in [4.69, 9.17) is 9.47 Å². The molecule has 46 heavy (non-hydrogen) atoms. The Morgan fingerprint density at radius 2 is 1.76 bits per heavy atom. The van der Waals surface area contributed by atoms with E-state index in [9.17, 15) is 14.7 Å². The van der Waals surface area contributed by atoms with Crippen molar-refractivity contribution in [2.45, 2.75) is 89.4 Å². The van der Waals surface area contributed by atoms with Crippen molar-refractivity contribution in [1.82, 2.24) is 19.3 Å². The van der Waals surface area contributed by atoms with Gasteiger partial charge in [0.25, 0.3) is 0 Å². The number of aromatic nitrogens is 1. The van der Waals surface area contributed by atoms with Gasteiger partial charge in [-0.05, 0) is 82.8 Å². The van der Waals surface area contributed by atoms with Crippen LogP contribution in [0.5, 0.6) is 5.75 Å². The molecular weight excluding hydrogens is 580 g/mol. The summed E-state index contributed by atoms with van der Waals surface area (Å²) in [6, 6.07) is 14.2. The second kappa shape index (κ2) is 13.3. The van der Waals surface area contributed by atoms with Crippen LogP contribution in [0.3, 0.4) is 0 Å². The average Bonchev–Trinajstić information content (AvgIpc) is 3.62. The topological polar surface area (TPSA) is 87.5 Å². The van der Waals surface area contributed by atoms with E-state index in [2.05, 4.69) is 39.6 Å². The third kappa shape index (κ3) is 6.76. The first-order valence-electron chi connectivity index (χ1n) is 17.0. The summed E-state index contributed by atoms with van der Waals surface area (Å²) in [4.78, 5) is 31.3. The normalized spacial score (nSPS) is 20.9. The number of carboxylic acid groups (broad SMARTS) is 1. The number of amides is 1. The second-order valence-corrected chi connectivity index (χ2v) is 14.5. The van der Waals surface area contributed by atoms with Gasteiger partial charge >= 0.3 is 12.1 Å². The van der Waals surface area contributed by atoms with Crippen LogP contribution in [0.2, 0.25) is 0 Å². The molecular formula is C37H50N4O5. The molecule has 3 aliphatic rings. The molecule has 2 aliphatic heterocycles. The summed E-state index contributed by atoms with van der Waals surface area (Å²) >= 11 is 0. The van der Waals surface area contributed by atoms with Gasteiger partial charge in [-0.2, -0.15) is 0 Å². The second-order valence-electron chi connectivity index (χ2n) is 14.5. The highest BCUT2D eigenvalue weighted by molar-refractivity contribution is 5.98. The predicted molar refractivity (Wildman–Crippen MR) is 181 cm³/mol. The van der Waals surface area contributed by atoms with Crippen molar-refractivity contribution in [2.75, 3.05) is 46.9 Å². The van der Waals surface area contributed by atoms with Crippen molar-refractivity contribution in [3.63, 3.8) is 0 Å². The maximum atomic E-state index is 12.7. The fourth-order valence-electron chi connectivity index (χ4n) is 7.59. The first-order valence-corrected chi connectivity index (χ1v) is 17.0. The predicted octanol–water partition coefficient (Wildman–Crippen LogP) is 6.69. The molecule has 9 heteroatoms. The Morgan fingerprint density at radius 1 is 1.00 bits per heavy atom. The molecule has 3 heterocycles. The number of hydrogen-bond acceptors (Lipinski definition) is 6. The Hall–Kier alpha value is -3.56. The molecule has 0 radical (unpaired) electrons. The maximum Gasteiger partial charge on any atom is 0.410 e. The number of likely N-dealkylation sites (tertiary alicyclic amines) is 1. The van der Waals surface area contributed by atoms with Crippen molar-refractivity contribution in [3.8, 4) is 17.0 Å². The highest BCUT2D eigenvalue weighted by Gasteiger charge is 2.33. The third-order valence-electron chi connectivity index (χ3n) is 10.2. The van der Waals surface area contributed by atoms with Crippen molar-refractivity contribution in [3.05, 3.63) is 53.6 Å². The summed E-state index contributed by atoms with van der Waals surface area (Å²) in [6.07, 6.45) is 6.68. The first kappa shape index (κ1) is 32.4. The number of nitrogens with zero attached hydrogens (tertiary/aromatic N) is 4. The molecule has 1 aliphatic carbocycles. The SMILES string of the molecule is CN(C(=O)OC(C)(C)C)C1CCN(CCN(C)[C@H]2COc3ccccc3-c3c(C4CCCCC4)c4ccc(C(=O)O)cc4n3C2)C1. The van der Waals surface area contributed by atoms with Crippen LogP contribution in [-0.4, -0.2) is 101 Å². The molecule has 9 nitrogen and oxygen atoms in total. The van der Waals surface area contributed by atoms with E-state index in [1.807, 2.05) is 46.0 Å². The van der Waals surface area contributed by atoms with Crippen molar-refractivity contribution in [1.29, 1.82) is 0 Å². The number of rotatable bonds is 7. The van der Waals surface area contributed by atoms with Crippen LogP contribution in [-0.2, 0) is 11.3 Å². The lowest BCUT2D eigenvalue weighted by Crippen LogP contribution is -2.45. The van der Waals surface area contributed by atoms with Crippen LogP contribution < -0.4 is 4.74 Å². The molecule has 3 aromatic rings. The van der Waals surface area contributed by atoms with Crippen molar-refractivity contribution in [2.24, 2.45) is 0 Å². The number of aromatic carboxylic acids is 1. The highest BCUT2D eigenvalue weighted by atomic mass is 16.6. The van der Waals surface area contributed by atoms with Crippen molar-refractivity contribution < 1.29 is 24.2 Å². The number of para-hydroxylation sites is 1. The van der Waals surface area contributed by atoms with Gasteiger partial charge in [0.1, 0.15) is 18.0 Å². The first-order chi connectivity index (χ1) is 22.0. The largest absolute Gasteiger partial charge is 0.491 e. The Bertz CT molecular complexity index is 1570. The molecule has 248 valence electrons. The van der Waals surface area contributed by atoms with Gasteiger partial charge in [-0.25, -0.2) is 9.59 Å². The van der Waals surface area contributed by atoms with Crippen LogP contribution in [0, 0.1) is 0 Å². The van der Waals surface area contributed by atoms with Gasteiger partial charge in [-0.1, -0.05) is 37.5 Å². The molecule has 0 spiro atoms. The summed E-state index contributed by atoms with van der Waals surface area (Å²) in [5, 5.41) is 11.1. The van der Waals surface area contributed by atoms with E-state index in [0.717, 1.165) is 62.3 Å². The zero-order valence-electron chi connectivity index (χ0n) is 28.1. The minimum absolute atomic E-state index is 0.0817. The van der Waals surface area contributed by atoms with Gasteiger partial charge in [0.15, 0.2) is 0 Å². The number of fused-ring (bicyclic) bond motifs is 5. The third-order valence-corrected chi connectivity index (χ3v) is 10.2. The summed E-state index contributed by atoms with van der Waals surface area (Å²) in [5.41, 5.74) is 4.44. The molecule has 1 N–H and O–H groups in total. The monoisotopic (exact) mass is 630 g/mol. The minimum Gasteiger partial charge on any atom is -0.491 e. The number of carbonyl (C=O) groups is 2. The van der Waals surface area contributed by atoms with Gasteiger partial charge in [-0.3, -0.25) is 9.80 Å². The molecule has 0 bridgehead atoms. The maximum absolute atomic E-state index is 12.7. The van der Waals surface area contributed by atoms with Gasteiger partial charge in [0.05, 0.1) is 17.3 Å². The molecule has 2 fully saturated rings. The number of carbonyl (C=O) groups excluding carboxylic acids is 1. The van der Waals surface area contributed by atoms with Crippen LogP contribution in [0.4, 0.5) is 4.79 Å². The van der Waals surface area contributed by atoms with E-state index in [1.54, 1.807) is 11.0 Å². The number of likely N-dealkylation sites (N-methyl/N-ethyl adjacent to an activating group) is 2. The Kier molecular flexibility index (Phi) is 9.35. The Labute approximate surface area is 273 Å². The van der Waals surface area contributed by atoms with Crippen molar-refractivity contribution >= 4 is 23.0 Å². The highest BCUT2D eigenvalue weighted by Crippen LogP contribution is 2.47. The lowest BCUT2D eigenvalue weighted by atomic mass is 9.81. The number of ether oxygens (including phenoxy) is 2. The molecule has 2 aromatic carbocycles. The number of benzene rings is 2. The Morgan fingerprint density at radius 3 is 2.50 bits per heavy atom. The average molecular weight is 631 g/mol. The number of carboxylic acids is 1. The smallest absolute Gasteiger partial charge is 0.410 e. The zero-order valence-corrected chi connectivity index (χ0v) is 28.1. The molecule has 2 atom stereocenters. The quantitative estimate of drug-likeness (QED) is 0.311. The van der Waals surface area contributed by atoms with Crippen LogP contribution >= 0.6 is 0 Å². The fraction of sp³-hybridized carbons (Fsp3) is 0.568. The molecule has 1 saturated carbocycles. The minimum atomic E-state index is -0.902. The lowest BCUT2D eigenvalue weighted by Gasteiger charge is -2.33. The standard InChI is InChI=1S/C37H50N4O5/c1-37(2,3)46-36(44)39(5)27-17-18-40(22-27)20-19-38(4)28-23-41-31-21-26(35(42)43)15-16-29(31)33(25-11-7-6-8-12-25)34(41)30-13-9-10-14-32(30)45-24-28/h9-10,13-16,21,25,27-28H,6-8,11-12,17-20,22-24H2,1-5H3,(H,42,43)/t27?,28-/m1/s1. The molecule has 1 aromatic heterocycles. The molecule has 1 unspecified atom stereocenters. The lowest BCUT2D eigenvalue weighted by molar-refractivity contribution is 0.0227. The van der Waals surface area contributed by atoms with E-state index in [0.29, 0.717) is 24.6 Å². The van der Waals surface area contributed by atoms with Crippen LogP contribution in [0.1, 0.15) is 81.1 Å². The molecule has 1 amide bonds. The van der Waals surface area contributed by atoms with Crippen LogP contribution in [0.15, 0.2) is 42.5 Å². The summed E-state index contributed by atoms with van der Waals surface area (Å²) in [5.74, 6) is 0.419. The fourth-order valence-corrected chi connectivity index (χ4v) is 7.59.